The lowest BCUT2D eigenvalue weighted by Gasteiger charge is -2.32. The fourth-order valence-corrected chi connectivity index (χ4v) is 3.11. The van der Waals surface area contributed by atoms with Crippen LogP contribution in [0.2, 0.25) is 0 Å². The van der Waals surface area contributed by atoms with Crippen LogP contribution in [0.4, 0.5) is 5.69 Å². The van der Waals surface area contributed by atoms with Gasteiger partial charge in [-0.25, -0.2) is 0 Å². The number of hydrogen-bond donors (Lipinski definition) is 1. The molecule has 1 atom stereocenters. The summed E-state index contributed by atoms with van der Waals surface area (Å²) in [5, 5.41) is 2.97. The number of pyridine rings is 1. The molecule has 1 aromatic heterocycles. The number of nitrogens with one attached hydrogen (secondary N) is 1. The summed E-state index contributed by atoms with van der Waals surface area (Å²) in [7, 11) is 0. The van der Waals surface area contributed by atoms with Gasteiger partial charge in [0.2, 0.25) is 5.91 Å². The Bertz CT molecular complexity index is 737. The van der Waals surface area contributed by atoms with E-state index >= 15 is 0 Å². The summed E-state index contributed by atoms with van der Waals surface area (Å²) in [4.78, 5) is 19.0. The van der Waals surface area contributed by atoms with Gasteiger partial charge in [-0.2, -0.15) is 0 Å². The standard InChI is InChI=1S/C21H27N3O2/c1-15(2)21(25)23-19-5-4-10-22-20(19)18-8-6-17(7-9-18)16(3)24-11-13-26-14-12-24/h4-10,15-16H,11-14H2,1-3H3,(H,23,25). The van der Waals surface area contributed by atoms with E-state index in [1.807, 2.05) is 26.0 Å². The van der Waals surface area contributed by atoms with Crippen LogP contribution in [0.3, 0.4) is 0 Å². The van der Waals surface area contributed by atoms with E-state index in [-0.39, 0.29) is 11.8 Å². The van der Waals surface area contributed by atoms with E-state index in [9.17, 15) is 4.79 Å². The molecule has 2 aromatic rings. The Kier molecular flexibility index (Phi) is 6.01. The molecule has 0 bridgehead atoms. The van der Waals surface area contributed by atoms with Crippen LogP contribution in [-0.4, -0.2) is 42.1 Å². The van der Waals surface area contributed by atoms with Gasteiger partial charge >= 0.3 is 0 Å². The average Bonchev–Trinajstić information content (AvgIpc) is 2.68. The van der Waals surface area contributed by atoms with E-state index in [2.05, 4.69) is 46.4 Å². The molecule has 1 amide bonds. The van der Waals surface area contributed by atoms with Crippen LogP contribution in [0, 0.1) is 5.92 Å². The molecule has 2 heterocycles. The predicted octanol–water partition coefficient (Wildman–Crippen LogP) is 3.74. The number of ether oxygens (including phenoxy) is 1. The van der Waals surface area contributed by atoms with Crippen molar-refractivity contribution in [2.45, 2.75) is 26.8 Å². The maximum Gasteiger partial charge on any atom is 0.226 e. The van der Waals surface area contributed by atoms with Gasteiger partial charge in [0.1, 0.15) is 0 Å². The van der Waals surface area contributed by atoms with E-state index in [1.54, 1.807) is 6.20 Å². The van der Waals surface area contributed by atoms with E-state index in [0.29, 0.717) is 6.04 Å². The lowest BCUT2D eigenvalue weighted by atomic mass is 10.0. The minimum Gasteiger partial charge on any atom is -0.379 e. The number of anilines is 1. The molecule has 1 N–H and O–H groups in total. The SMILES string of the molecule is CC(C)C(=O)Nc1cccnc1-c1ccc(C(C)N2CCOCC2)cc1. The minimum absolute atomic E-state index is 0.00295. The van der Waals surface area contributed by atoms with E-state index in [0.717, 1.165) is 43.2 Å². The quantitative estimate of drug-likeness (QED) is 0.890. The topological polar surface area (TPSA) is 54.5 Å². The van der Waals surface area contributed by atoms with Gasteiger partial charge in [-0.1, -0.05) is 38.1 Å². The molecule has 1 aromatic carbocycles. The highest BCUT2D eigenvalue weighted by Crippen LogP contribution is 2.28. The molecule has 0 saturated carbocycles. The van der Waals surface area contributed by atoms with Gasteiger partial charge in [-0.15, -0.1) is 0 Å². The lowest BCUT2D eigenvalue weighted by Crippen LogP contribution is -2.37. The highest BCUT2D eigenvalue weighted by molar-refractivity contribution is 5.95. The van der Waals surface area contributed by atoms with Crippen LogP contribution >= 0.6 is 0 Å². The molecule has 26 heavy (non-hydrogen) atoms. The van der Waals surface area contributed by atoms with Gasteiger partial charge < -0.3 is 10.1 Å². The summed E-state index contributed by atoms with van der Waals surface area (Å²) in [5.41, 5.74) is 3.83. The van der Waals surface area contributed by atoms with Crippen molar-refractivity contribution in [3.63, 3.8) is 0 Å². The molecule has 1 fully saturated rings. The van der Waals surface area contributed by atoms with Crippen LogP contribution in [0.1, 0.15) is 32.4 Å². The summed E-state index contributed by atoms with van der Waals surface area (Å²) >= 11 is 0. The number of rotatable bonds is 5. The van der Waals surface area contributed by atoms with Gasteiger partial charge in [0, 0.05) is 36.8 Å². The van der Waals surface area contributed by atoms with Crippen molar-refractivity contribution in [3.05, 3.63) is 48.2 Å². The third-order valence-corrected chi connectivity index (χ3v) is 4.85. The molecule has 1 aliphatic rings. The zero-order chi connectivity index (χ0) is 18.5. The zero-order valence-electron chi connectivity index (χ0n) is 15.7. The Morgan fingerprint density at radius 3 is 2.46 bits per heavy atom. The molecule has 3 rings (SSSR count). The summed E-state index contributed by atoms with van der Waals surface area (Å²) < 4.78 is 5.44. The minimum atomic E-state index is -0.0696. The number of aromatic nitrogens is 1. The lowest BCUT2D eigenvalue weighted by molar-refractivity contribution is -0.118. The largest absolute Gasteiger partial charge is 0.379 e. The molecule has 5 heteroatoms. The van der Waals surface area contributed by atoms with Crippen molar-refractivity contribution in [1.29, 1.82) is 0 Å². The monoisotopic (exact) mass is 353 g/mol. The smallest absolute Gasteiger partial charge is 0.226 e. The Morgan fingerprint density at radius 1 is 1.12 bits per heavy atom. The van der Waals surface area contributed by atoms with Crippen molar-refractivity contribution in [2.75, 3.05) is 31.6 Å². The van der Waals surface area contributed by atoms with E-state index < -0.39 is 0 Å². The molecule has 0 spiro atoms. The summed E-state index contributed by atoms with van der Waals surface area (Å²) in [6, 6.07) is 12.6. The molecule has 0 aliphatic carbocycles. The maximum atomic E-state index is 12.1. The fraction of sp³-hybridized carbons (Fsp3) is 0.429. The van der Waals surface area contributed by atoms with Crippen molar-refractivity contribution in [2.24, 2.45) is 5.92 Å². The second-order valence-electron chi connectivity index (χ2n) is 6.99. The summed E-state index contributed by atoms with van der Waals surface area (Å²) in [5.74, 6) is -0.0726. The first-order valence-corrected chi connectivity index (χ1v) is 9.24. The number of carbonyl (C=O) groups excluding carboxylic acids is 1. The Labute approximate surface area is 155 Å². The molecular weight excluding hydrogens is 326 g/mol. The molecule has 1 unspecified atom stereocenters. The highest BCUT2D eigenvalue weighted by atomic mass is 16.5. The van der Waals surface area contributed by atoms with E-state index in [4.69, 9.17) is 4.74 Å². The van der Waals surface area contributed by atoms with Crippen LogP contribution in [0.25, 0.3) is 11.3 Å². The molecule has 1 aliphatic heterocycles. The Morgan fingerprint density at radius 2 is 1.81 bits per heavy atom. The molecule has 0 radical (unpaired) electrons. The number of carbonyl (C=O) groups is 1. The third kappa shape index (κ3) is 4.29. The van der Waals surface area contributed by atoms with Gasteiger partial charge in [0.25, 0.3) is 0 Å². The third-order valence-electron chi connectivity index (χ3n) is 4.85. The van der Waals surface area contributed by atoms with Crippen LogP contribution in [0.5, 0.6) is 0 Å². The maximum absolute atomic E-state index is 12.1. The molecule has 5 nitrogen and oxygen atoms in total. The zero-order valence-corrected chi connectivity index (χ0v) is 15.7. The van der Waals surface area contributed by atoms with Crippen LogP contribution < -0.4 is 5.32 Å². The van der Waals surface area contributed by atoms with E-state index in [1.165, 1.54) is 5.56 Å². The van der Waals surface area contributed by atoms with Crippen molar-refractivity contribution in [3.8, 4) is 11.3 Å². The van der Waals surface area contributed by atoms with Crippen molar-refractivity contribution >= 4 is 11.6 Å². The second kappa shape index (κ2) is 8.43. The number of hydrogen-bond acceptors (Lipinski definition) is 4. The Balaban J connectivity index is 1.79. The van der Waals surface area contributed by atoms with Crippen molar-refractivity contribution < 1.29 is 9.53 Å². The fourth-order valence-electron chi connectivity index (χ4n) is 3.11. The van der Waals surface area contributed by atoms with Crippen LogP contribution in [-0.2, 0) is 9.53 Å². The number of benzene rings is 1. The normalized spacial score (nSPS) is 16.5. The van der Waals surface area contributed by atoms with Gasteiger partial charge in [0.05, 0.1) is 24.6 Å². The Hall–Kier alpha value is -2.24. The summed E-state index contributed by atoms with van der Waals surface area (Å²) in [6.07, 6.45) is 1.75. The van der Waals surface area contributed by atoms with Crippen molar-refractivity contribution in [1.82, 2.24) is 9.88 Å². The van der Waals surface area contributed by atoms with Gasteiger partial charge in [0.15, 0.2) is 0 Å². The number of morpholine rings is 1. The first-order chi connectivity index (χ1) is 12.6. The molecular formula is C21H27N3O2. The highest BCUT2D eigenvalue weighted by Gasteiger charge is 2.19. The average molecular weight is 353 g/mol. The van der Waals surface area contributed by atoms with Crippen LogP contribution in [0.15, 0.2) is 42.6 Å². The first kappa shape index (κ1) is 18.5. The predicted molar refractivity (Wildman–Crippen MR) is 104 cm³/mol. The number of nitrogens with zero attached hydrogens (tertiary/aromatic N) is 2. The molecule has 138 valence electrons. The number of amides is 1. The van der Waals surface area contributed by atoms with Gasteiger partial charge in [-0.05, 0) is 24.6 Å². The second-order valence-corrected chi connectivity index (χ2v) is 6.99. The molecule has 1 saturated heterocycles. The van der Waals surface area contributed by atoms with Gasteiger partial charge in [-0.3, -0.25) is 14.7 Å². The first-order valence-electron chi connectivity index (χ1n) is 9.24. The summed E-state index contributed by atoms with van der Waals surface area (Å²) in [6.45, 7) is 9.53.